The average molecular weight is 145 g/mol. The molecule has 0 radical (unpaired) electrons. The predicted octanol–water partition coefficient (Wildman–Crippen LogP) is -0.397. The second-order valence-electron chi connectivity index (χ2n) is 1.71. The van der Waals surface area contributed by atoms with Crippen LogP contribution in [-0.4, -0.2) is 24.7 Å². The first-order valence-electron chi connectivity index (χ1n) is 2.84. The van der Waals surface area contributed by atoms with Gasteiger partial charge in [-0.3, -0.25) is 9.63 Å². The van der Waals surface area contributed by atoms with E-state index in [-0.39, 0.29) is 13.0 Å². The molecular formula is C6H11NO3. The molecule has 0 aliphatic rings. The van der Waals surface area contributed by atoms with Gasteiger partial charge in [0, 0.05) is 18.6 Å². The van der Waals surface area contributed by atoms with Crippen LogP contribution in [0.1, 0.15) is 6.42 Å². The van der Waals surface area contributed by atoms with Crippen LogP contribution >= 0.6 is 0 Å². The molecule has 0 saturated heterocycles. The summed E-state index contributed by atoms with van der Waals surface area (Å²) in [6.45, 7) is 3.34. The zero-order valence-corrected chi connectivity index (χ0v) is 5.89. The molecule has 0 aromatic carbocycles. The van der Waals surface area contributed by atoms with Crippen molar-refractivity contribution in [2.45, 2.75) is 6.42 Å². The fourth-order valence-electron chi connectivity index (χ4n) is 0.413. The lowest BCUT2D eigenvalue weighted by atomic mass is 10.2. The lowest BCUT2D eigenvalue weighted by molar-refractivity contribution is -0.127. The topological polar surface area (TPSA) is 58.6 Å². The molecule has 4 nitrogen and oxygen atoms in total. The van der Waals surface area contributed by atoms with Gasteiger partial charge in [0.2, 0.25) is 0 Å². The number of carbonyl (C=O) groups is 1. The van der Waals surface area contributed by atoms with Crippen molar-refractivity contribution in [1.82, 2.24) is 5.48 Å². The molecule has 58 valence electrons. The maximum absolute atomic E-state index is 10.7. The van der Waals surface area contributed by atoms with E-state index in [1.165, 1.54) is 7.11 Å². The molecule has 0 bridgehead atoms. The molecule has 0 rings (SSSR count). The van der Waals surface area contributed by atoms with E-state index in [1.807, 2.05) is 0 Å². The van der Waals surface area contributed by atoms with E-state index >= 15 is 0 Å². The van der Waals surface area contributed by atoms with Crippen LogP contribution in [0.15, 0.2) is 12.2 Å². The highest BCUT2D eigenvalue weighted by Gasteiger charge is 2.03. The Hall–Kier alpha value is -0.870. The van der Waals surface area contributed by atoms with E-state index in [1.54, 1.807) is 0 Å². The Balaban J connectivity index is 3.60. The van der Waals surface area contributed by atoms with Crippen molar-refractivity contribution in [3.63, 3.8) is 0 Å². The number of aliphatic hydroxyl groups excluding tert-OH is 1. The van der Waals surface area contributed by atoms with Gasteiger partial charge < -0.3 is 5.11 Å². The average Bonchev–Trinajstić information content (AvgIpc) is 1.89. The molecule has 1 amide bonds. The highest BCUT2D eigenvalue weighted by atomic mass is 16.6. The highest BCUT2D eigenvalue weighted by Crippen LogP contribution is 1.94. The Labute approximate surface area is 59.4 Å². The molecule has 0 atom stereocenters. The Morgan fingerprint density at radius 2 is 2.40 bits per heavy atom. The molecule has 0 saturated carbocycles. The fraction of sp³-hybridized carbons (Fsp3) is 0.500. The maximum Gasteiger partial charge on any atom is 0.270 e. The van der Waals surface area contributed by atoms with Crippen LogP contribution < -0.4 is 5.48 Å². The SMILES string of the molecule is C=C(CCO)C(=O)NOC. The molecule has 0 heterocycles. The molecule has 4 heteroatoms. The van der Waals surface area contributed by atoms with Crippen LogP contribution in [0, 0.1) is 0 Å². The molecule has 0 aliphatic heterocycles. The first kappa shape index (κ1) is 9.13. The number of rotatable bonds is 4. The maximum atomic E-state index is 10.7. The zero-order chi connectivity index (χ0) is 7.98. The minimum absolute atomic E-state index is 0.0734. The zero-order valence-electron chi connectivity index (χ0n) is 5.89. The van der Waals surface area contributed by atoms with Crippen LogP contribution in [0.3, 0.4) is 0 Å². The minimum atomic E-state index is -0.392. The van der Waals surface area contributed by atoms with Crippen LogP contribution in [0.25, 0.3) is 0 Å². The summed E-state index contributed by atoms with van der Waals surface area (Å²) < 4.78 is 0. The number of hydroxylamine groups is 1. The van der Waals surface area contributed by atoms with Crippen molar-refractivity contribution >= 4 is 5.91 Å². The molecule has 0 fully saturated rings. The van der Waals surface area contributed by atoms with Crippen LogP contribution in [-0.2, 0) is 9.63 Å². The molecule has 0 unspecified atom stereocenters. The Morgan fingerprint density at radius 1 is 1.80 bits per heavy atom. The standard InChI is InChI=1S/C6H11NO3/c1-5(3-4-8)6(9)7-10-2/h8H,1,3-4H2,2H3,(H,7,9). The molecule has 2 N–H and O–H groups in total. The van der Waals surface area contributed by atoms with Gasteiger partial charge >= 0.3 is 0 Å². The first-order valence-corrected chi connectivity index (χ1v) is 2.84. The van der Waals surface area contributed by atoms with Gasteiger partial charge in [-0.1, -0.05) is 6.58 Å². The lowest BCUT2D eigenvalue weighted by Gasteiger charge is -2.01. The van der Waals surface area contributed by atoms with Gasteiger partial charge in [-0.2, -0.15) is 0 Å². The van der Waals surface area contributed by atoms with E-state index in [9.17, 15) is 4.79 Å². The van der Waals surface area contributed by atoms with E-state index in [0.717, 1.165) is 0 Å². The molecular weight excluding hydrogens is 134 g/mol. The van der Waals surface area contributed by atoms with E-state index in [2.05, 4.69) is 16.9 Å². The summed E-state index contributed by atoms with van der Waals surface area (Å²) in [4.78, 5) is 15.0. The van der Waals surface area contributed by atoms with E-state index < -0.39 is 5.91 Å². The van der Waals surface area contributed by atoms with Crippen molar-refractivity contribution in [3.8, 4) is 0 Å². The number of amides is 1. The van der Waals surface area contributed by atoms with Crippen molar-refractivity contribution in [2.24, 2.45) is 0 Å². The first-order chi connectivity index (χ1) is 4.72. The third-order valence-corrected chi connectivity index (χ3v) is 0.929. The fourth-order valence-corrected chi connectivity index (χ4v) is 0.413. The minimum Gasteiger partial charge on any atom is -0.396 e. The normalized spacial score (nSPS) is 9.00. The van der Waals surface area contributed by atoms with Gasteiger partial charge in [-0.15, -0.1) is 0 Å². The van der Waals surface area contributed by atoms with Gasteiger partial charge in [-0.05, 0) is 0 Å². The molecule has 10 heavy (non-hydrogen) atoms. The summed E-state index contributed by atoms with van der Waals surface area (Å²) in [5, 5.41) is 8.37. The lowest BCUT2D eigenvalue weighted by Crippen LogP contribution is -2.23. The second-order valence-corrected chi connectivity index (χ2v) is 1.71. The quantitative estimate of drug-likeness (QED) is 0.418. The molecule has 0 aliphatic carbocycles. The van der Waals surface area contributed by atoms with Crippen LogP contribution in [0.2, 0.25) is 0 Å². The molecule has 0 aromatic rings. The number of carbonyl (C=O) groups excluding carboxylic acids is 1. The van der Waals surface area contributed by atoms with Crippen LogP contribution in [0.4, 0.5) is 0 Å². The second kappa shape index (κ2) is 4.96. The van der Waals surface area contributed by atoms with Crippen molar-refractivity contribution in [3.05, 3.63) is 12.2 Å². The van der Waals surface area contributed by atoms with Gasteiger partial charge in [0.1, 0.15) is 0 Å². The van der Waals surface area contributed by atoms with Gasteiger partial charge in [0.05, 0.1) is 7.11 Å². The number of hydrogen-bond acceptors (Lipinski definition) is 3. The number of aliphatic hydroxyl groups is 1. The largest absolute Gasteiger partial charge is 0.396 e. The van der Waals surface area contributed by atoms with Crippen molar-refractivity contribution in [2.75, 3.05) is 13.7 Å². The molecule has 0 aromatic heterocycles. The summed E-state index contributed by atoms with van der Waals surface area (Å²) >= 11 is 0. The summed E-state index contributed by atoms with van der Waals surface area (Å²) in [6, 6.07) is 0. The summed E-state index contributed by atoms with van der Waals surface area (Å²) in [5.74, 6) is -0.392. The summed E-state index contributed by atoms with van der Waals surface area (Å²) in [7, 11) is 1.34. The number of hydrogen-bond donors (Lipinski definition) is 2. The Morgan fingerprint density at radius 3 is 2.80 bits per heavy atom. The van der Waals surface area contributed by atoms with Gasteiger partial charge in [0.15, 0.2) is 0 Å². The van der Waals surface area contributed by atoms with Crippen molar-refractivity contribution < 1.29 is 14.7 Å². The Bertz CT molecular complexity index is 117. The van der Waals surface area contributed by atoms with Crippen LogP contribution in [0.5, 0.6) is 0 Å². The summed E-state index contributed by atoms with van der Waals surface area (Å²) in [6.07, 6.45) is 0.273. The Kier molecular flexibility index (Phi) is 4.53. The van der Waals surface area contributed by atoms with E-state index in [4.69, 9.17) is 5.11 Å². The van der Waals surface area contributed by atoms with E-state index in [0.29, 0.717) is 5.57 Å². The number of nitrogens with one attached hydrogen (secondary N) is 1. The predicted molar refractivity (Wildman–Crippen MR) is 36.0 cm³/mol. The summed E-state index contributed by atoms with van der Waals surface area (Å²) in [5.41, 5.74) is 2.39. The highest BCUT2D eigenvalue weighted by molar-refractivity contribution is 5.91. The van der Waals surface area contributed by atoms with Crippen molar-refractivity contribution in [1.29, 1.82) is 0 Å². The molecule has 0 spiro atoms. The third kappa shape index (κ3) is 3.21. The monoisotopic (exact) mass is 145 g/mol. The smallest absolute Gasteiger partial charge is 0.270 e. The third-order valence-electron chi connectivity index (χ3n) is 0.929. The van der Waals surface area contributed by atoms with Gasteiger partial charge in [-0.25, -0.2) is 5.48 Å². The van der Waals surface area contributed by atoms with Gasteiger partial charge in [0.25, 0.3) is 5.91 Å².